The van der Waals surface area contributed by atoms with Crippen LogP contribution in [0.5, 0.6) is 0 Å². The molecule has 0 aromatic carbocycles. The lowest BCUT2D eigenvalue weighted by Gasteiger charge is -2.35. The Morgan fingerprint density at radius 1 is 1.47 bits per heavy atom. The summed E-state index contributed by atoms with van der Waals surface area (Å²) in [5.41, 5.74) is 0. The third-order valence-electron chi connectivity index (χ3n) is 2.94. The largest absolute Gasteiger partial charge is 0.481 e. The topological polar surface area (TPSA) is 86.7 Å². The Bertz CT molecular complexity index is 355. The van der Waals surface area contributed by atoms with Crippen molar-refractivity contribution in [2.75, 3.05) is 25.9 Å². The first kappa shape index (κ1) is 14.4. The fourth-order valence-electron chi connectivity index (χ4n) is 2.07. The van der Waals surface area contributed by atoms with Gasteiger partial charge in [-0.05, 0) is 19.4 Å². The van der Waals surface area contributed by atoms with E-state index in [0.717, 1.165) is 32.1 Å². The van der Waals surface area contributed by atoms with Crippen LogP contribution in [0.3, 0.4) is 0 Å². The van der Waals surface area contributed by atoms with Crippen LogP contribution in [0.25, 0.3) is 0 Å². The Morgan fingerprint density at radius 2 is 2.18 bits per heavy atom. The molecule has 6 nitrogen and oxygen atoms in total. The number of nitrogens with zero attached hydrogens (tertiary/aromatic N) is 1. The zero-order valence-corrected chi connectivity index (χ0v) is 10.9. The van der Waals surface area contributed by atoms with Crippen molar-refractivity contribution in [3.05, 3.63) is 0 Å². The molecule has 0 spiro atoms. The lowest BCUT2D eigenvalue weighted by atomic mass is 10.0. The van der Waals surface area contributed by atoms with Crippen LogP contribution in [0.1, 0.15) is 25.7 Å². The van der Waals surface area contributed by atoms with Gasteiger partial charge < -0.3 is 5.11 Å². The molecular weight excluding hydrogens is 244 g/mol. The summed E-state index contributed by atoms with van der Waals surface area (Å²) in [4.78, 5) is 12.6. The molecular formula is C10H20N2O4S. The van der Waals surface area contributed by atoms with Crippen LogP contribution in [0, 0.1) is 0 Å². The first-order chi connectivity index (χ1) is 7.88. The number of carboxylic acids is 1. The average molecular weight is 264 g/mol. The molecule has 0 aliphatic carbocycles. The van der Waals surface area contributed by atoms with Gasteiger partial charge in [-0.2, -0.15) is 0 Å². The van der Waals surface area contributed by atoms with Gasteiger partial charge in [0.05, 0.1) is 12.7 Å². The molecule has 1 fully saturated rings. The monoisotopic (exact) mass is 264 g/mol. The van der Waals surface area contributed by atoms with Crippen LogP contribution in [0.4, 0.5) is 0 Å². The quantitative estimate of drug-likeness (QED) is 0.697. The molecule has 0 aromatic heterocycles. The van der Waals surface area contributed by atoms with Gasteiger partial charge in [-0.15, -0.1) is 0 Å². The van der Waals surface area contributed by atoms with E-state index >= 15 is 0 Å². The molecule has 0 saturated carbocycles. The fraction of sp³-hybridized carbons (Fsp3) is 0.900. The first-order valence-corrected chi connectivity index (χ1v) is 7.68. The van der Waals surface area contributed by atoms with E-state index in [0.29, 0.717) is 13.1 Å². The Balaban J connectivity index is 2.45. The van der Waals surface area contributed by atoms with Gasteiger partial charge in [0, 0.05) is 19.1 Å². The van der Waals surface area contributed by atoms with E-state index < -0.39 is 16.0 Å². The third kappa shape index (κ3) is 5.99. The van der Waals surface area contributed by atoms with Gasteiger partial charge in [-0.3, -0.25) is 9.69 Å². The Morgan fingerprint density at radius 3 is 2.76 bits per heavy atom. The molecule has 0 radical (unpaired) electrons. The number of likely N-dealkylation sites (tertiary alicyclic amines) is 1. The molecule has 7 heteroatoms. The molecule has 0 amide bonds. The second-order valence-electron chi connectivity index (χ2n) is 4.45. The van der Waals surface area contributed by atoms with E-state index in [4.69, 9.17) is 5.11 Å². The van der Waals surface area contributed by atoms with Crippen molar-refractivity contribution in [3.63, 3.8) is 0 Å². The minimum absolute atomic E-state index is 0.107. The summed E-state index contributed by atoms with van der Waals surface area (Å²) >= 11 is 0. The maximum atomic E-state index is 11.0. The van der Waals surface area contributed by atoms with E-state index in [1.165, 1.54) is 0 Å². The Labute approximate surface area is 102 Å². The number of carboxylic acid groups (broad SMARTS) is 1. The zero-order chi connectivity index (χ0) is 12.9. The predicted molar refractivity (Wildman–Crippen MR) is 64.3 cm³/mol. The molecule has 1 heterocycles. The van der Waals surface area contributed by atoms with Gasteiger partial charge in [0.25, 0.3) is 0 Å². The van der Waals surface area contributed by atoms with E-state index in [1.807, 2.05) is 0 Å². The molecule has 1 aliphatic rings. The predicted octanol–water partition coefficient (Wildman–Crippen LogP) is -0.135. The van der Waals surface area contributed by atoms with Gasteiger partial charge in [-0.1, -0.05) is 6.42 Å². The summed E-state index contributed by atoms with van der Waals surface area (Å²) in [6.45, 7) is 1.72. The van der Waals surface area contributed by atoms with Gasteiger partial charge in [0.15, 0.2) is 0 Å². The van der Waals surface area contributed by atoms with E-state index in [-0.39, 0.29) is 12.5 Å². The van der Waals surface area contributed by atoms with Crippen LogP contribution in [0.2, 0.25) is 0 Å². The number of carbonyl (C=O) groups is 1. The standard InChI is InChI=1S/C10H20N2O4S/c1-17(15,16)11-8-9-4-2-3-6-12(9)7-5-10(13)14/h9,11H,2-8H2,1H3,(H,13,14)/t9-/m0/s1. The summed E-state index contributed by atoms with van der Waals surface area (Å²) in [6.07, 6.45) is 4.28. The van der Waals surface area contributed by atoms with Crippen LogP contribution in [0.15, 0.2) is 0 Å². The van der Waals surface area contributed by atoms with Gasteiger partial charge in [-0.25, -0.2) is 13.1 Å². The summed E-state index contributed by atoms with van der Waals surface area (Å²) in [5, 5.41) is 8.65. The van der Waals surface area contributed by atoms with Crippen LogP contribution >= 0.6 is 0 Å². The maximum Gasteiger partial charge on any atom is 0.304 e. The van der Waals surface area contributed by atoms with Gasteiger partial charge in [0.2, 0.25) is 10.0 Å². The van der Waals surface area contributed by atoms with Gasteiger partial charge >= 0.3 is 5.97 Å². The summed E-state index contributed by atoms with van der Waals surface area (Å²) in [7, 11) is -3.17. The molecule has 0 unspecified atom stereocenters. The molecule has 17 heavy (non-hydrogen) atoms. The van der Waals surface area contributed by atoms with E-state index in [2.05, 4.69) is 9.62 Å². The number of rotatable bonds is 6. The highest BCUT2D eigenvalue weighted by Gasteiger charge is 2.23. The molecule has 1 rings (SSSR count). The van der Waals surface area contributed by atoms with Crippen molar-refractivity contribution < 1.29 is 18.3 Å². The maximum absolute atomic E-state index is 11.0. The SMILES string of the molecule is CS(=O)(=O)NC[C@@H]1CCCCN1CCC(=O)O. The fourth-order valence-corrected chi connectivity index (χ4v) is 2.57. The smallest absolute Gasteiger partial charge is 0.304 e. The van der Waals surface area contributed by atoms with Crippen LogP contribution in [-0.4, -0.2) is 56.3 Å². The first-order valence-electron chi connectivity index (χ1n) is 5.79. The molecule has 0 bridgehead atoms. The number of aliphatic carboxylic acids is 1. The Hall–Kier alpha value is -0.660. The van der Waals surface area contributed by atoms with Crippen molar-refractivity contribution in [2.24, 2.45) is 0 Å². The highest BCUT2D eigenvalue weighted by Crippen LogP contribution is 2.16. The number of nitrogens with one attached hydrogen (secondary N) is 1. The second-order valence-corrected chi connectivity index (χ2v) is 6.28. The number of sulfonamides is 1. The minimum Gasteiger partial charge on any atom is -0.481 e. The molecule has 1 atom stereocenters. The summed E-state index contributed by atoms with van der Waals surface area (Å²) in [6, 6.07) is 0.123. The molecule has 2 N–H and O–H groups in total. The van der Waals surface area contributed by atoms with Crippen molar-refractivity contribution in [3.8, 4) is 0 Å². The Kier molecular flexibility index (Phi) is 5.35. The lowest BCUT2D eigenvalue weighted by molar-refractivity contribution is -0.137. The number of hydrogen-bond donors (Lipinski definition) is 2. The summed E-state index contributed by atoms with van der Waals surface area (Å²) in [5.74, 6) is -0.814. The second kappa shape index (κ2) is 6.32. The third-order valence-corrected chi connectivity index (χ3v) is 3.63. The highest BCUT2D eigenvalue weighted by atomic mass is 32.2. The lowest BCUT2D eigenvalue weighted by Crippen LogP contribution is -2.47. The van der Waals surface area contributed by atoms with Crippen LogP contribution < -0.4 is 4.72 Å². The van der Waals surface area contributed by atoms with E-state index in [1.54, 1.807) is 0 Å². The van der Waals surface area contributed by atoms with Crippen molar-refractivity contribution in [2.45, 2.75) is 31.7 Å². The number of piperidine rings is 1. The van der Waals surface area contributed by atoms with Crippen LogP contribution in [-0.2, 0) is 14.8 Å². The normalized spacial score (nSPS) is 22.5. The van der Waals surface area contributed by atoms with Crippen molar-refractivity contribution in [1.82, 2.24) is 9.62 Å². The minimum atomic E-state index is -3.17. The molecule has 100 valence electrons. The van der Waals surface area contributed by atoms with Gasteiger partial charge in [0.1, 0.15) is 0 Å². The van der Waals surface area contributed by atoms with Crippen molar-refractivity contribution >= 4 is 16.0 Å². The van der Waals surface area contributed by atoms with Crippen molar-refractivity contribution in [1.29, 1.82) is 0 Å². The average Bonchev–Trinajstić information content (AvgIpc) is 2.23. The molecule has 1 aliphatic heterocycles. The summed E-state index contributed by atoms with van der Waals surface area (Å²) < 4.78 is 24.5. The van der Waals surface area contributed by atoms with E-state index in [9.17, 15) is 13.2 Å². The molecule has 1 saturated heterocycles. The number of hydrogen-bond acceptors (Lipinski definition) is 4. The molecule has 0 aromatic rings. The highest BCUT2D eigenvalue weighted by molar-refractivity contribution is 7.88. The zero-order valence-electron chi connectivity index (χ0n) is 10.1.